The van der Waals surface area contributed by atoms with Gasteiger partial charge in [-0.15, -0.1) is 0 Å². The lowest BCUT2D eigenvalue weighted by Gasteiger charge is -2.33. The summed E-state index contributed by atoms with van der Waals surface area (Å²) in [6.07, 6.45) is 5.46. The molecular formula is C23H33N5O3. The van der Waals surface area contributed by atoms with Crippen molar-refractivity contribution in [2.24, 2.45) is 5.92 Å². The number of anilines is 1. The Morgan fingerprint density at radius 3 is 2.65 bits per heavy atom. The van der Waals surface area contributed by atoms with Crippen molar-refractivity contribution in [1.29, 1.82) is 0 Å². The van der Waals surface area contributed by atoms with Gasteiger partial charge >= 0.3 is 6.01 Å². The number of nitrogens with zero attached hydrogens (tertiary/aromatic N) is 4. The van der Waals surface area contributed by atoms with E-state index < -0.39 is 0 Å². The van der Waals surface area contributed by atoms with Crippen molar-refractivity contribution in [1.82, 2.24) is 20.4 Å². The van der Waals surface area contributed by atoms with E-state index in [2.05, 4.69) is 32.2 Å². The molecule has 0 spiro atoms. The SMILES string of the molecule is COc1ccc(-c2noc(N3CCC(C(=O)NCCN4CCCCC4C)CC3)n2)cc1. The van der Waals surface area contributed by atoms with Crippen LogP contribution in [0.3, 0.4) is 0 Å². The Labute approximate surface area is 183 Å². The summed E-state index contributed by atoms with van der Waals surface area (Å²) in [5, 5.41) is 7.26. The van der Waals surface area contributed by atoms with Crippen molar-refractivity contribution >= 4 is 11.9 Å². The number of benzene rings is 1. The van der Waals surface area contributed by atoms with Crippen molar-refractivity contribution in [2.75, 3.05) is 44.7 Å². The third kappa shape index (κ3) is 5.36. The second-order valence-corrected chi connectivity index (χ2v) is 8.56. The minimum atomic E-state index is 0.0546. The van der Waals surface area contributed by atoms with E-state index in [0.717, 1.165) is 56.9 Å². The zero-order chi connectivity index (χ0) is 21.6. The van der Waals surface area contributed by atoms with E-state index in [-0.39, 0.29) is 11.8 Å². The highest BCUT2D eigenvalue weighted by Gasteiger charge is 2.28. The molecule has 1 unspecified atom stereocenters. The van der Waals surface area contributed by atoms with Gasteiger partial charge in [-0.2, -0.15) is 4.98 Å². The molecule has 1 atom stereocenters. The molecule has 0 saturated carbocycles. The van der Waals surface area contributed by atoms with Crippen molar-refractivity contribution in [3.63, 3.8) is 0 Å². The van der Waals surface area contributed by atoms with E-state index in [1.54, 1.807) is 7.11 Å². The molecule has 0 radical (unpaired) electrons. The normalized spacial score (nSPS) is 20.6. The maximum Gasteiger partial charge on any atom is 0.324 e. The van der Waals surface area contributed by atoms with Crippen LogP contribution in [-0.4, -0.2) is 66.8 Å². The number of carbonyl (C=O) groups excluding carboxylic acids is 1. The second-order valence-electron chi connectivity index (χ2n) is 8.56. The highest BCUT2D eigenvalue weighted by molar-refractivity contribution is 5.78. The van der Waals surface area contributed by atoms with E-state index in [1.165, 1.54) is 19.3 Å². The fraction of sp³-hybridized carbons (Fsp3) is 0.609. The molecule has 2 aliphatic heterocycles. The van der Waals surface area contributed by atoms with E-state index in [4.69, 9.17) is 9.26 Å². The molecule has 3 heterocycles. The van der Waals surface area contributed by atoms with Gasteiger partial charge in [-0.1, -0.05) is 11.6 Å². The third-order valence-corrected chi connectivity index (χ3v) is 6.54. The maximum atomic E-state index is 12.6. The first-order valence-electron chi connectivity index (χ1n) is 11.4. The minimum absolute atomic E-state index is 0.0546. The predicted molar refractivity (Wildman–Crippen MR) is 119 cm³/mol. The summed E-state index contributed by atoms with van der Waals surface area (Å²) < 4.78 is 10.7. The fourth-order valence-corrected chi connectivity index (χ4v) is 4.49. The number of hydrogen-bond acceptors (Lipinski definition) is 7. The van der Waals surface area contributed by atoms with Crippen LogP contribution in [0.15, 0.2) is 28.8 Å². The van der Waals surface area contributed by atoms with Crippen molar-refractivity contribution < 1.29 is 14.1 Å². The zero-order valence-corrected chi connectivity index (χ0v) is 18.5. The first-order chi connectivity index (χ1) is 15.1. The monoisotopic (exact) mass is 427 g/mol. The Kier molecular flexibility index (Phi) is 7.06. The summed E-state index contributed by atoms with van der Waals surface area (Å²) in [5.74, 6) is 1.58. The number of hydrogen-bond donors (Lipinski definition) is 1. The molecule has 0 aliphatic carbocycles. The van der Waals surface area contributed by atoms with E-state index in [1.807, 2.05) is 24.3 Å². The van der Waals surface area contributed by atoms with E-state index in [0.29, 0.717) is 17.9 Å². The zero-order valence-electron chi connectivity index (χ0n) is 18.5. The van der Waals surface area contributed by atoms with Gasteiger partial charge in [-0.05, 0) is 63.4 Å². The number of nitrogens with one attached hydrogen (secondary N) is 1. The Bertz CT molecular complexity index is 845. The third-order valence-electron chi connectivity index (χ3n) is 6.54. The summed E-state index contributed by atoms with van der Waals surface area (Å²) in [6, 6.07) is 8.72. The molecule has 8 heteroatoms. The van der Waals surface area contributed by atoms with Crippen LogP contribution in [0.2, 0.25) is 0 Å². The van der Waals surface area contributed by atoms with Gasteiger partial charge in [0.15, 0.2) is 0 Å². The summed E-state index contributed by atoms with van der Waals surface area (Å²) >= 11 is 0. The van der Waals surface area contributed by atoms with Crippen molar-refractivity contribution in [2.45, 2.75) is 45.1 Å². The summed E-state index contributed by atoms with van der Waals surface area (Å²) in [5.41, 5.74) is 0.882. The smallest absolute Gasteiger partial charge is 0.324 e. The van der Waals surface area contributed by atoms with Gasteiger partial charge in [-0.3, -0.25) is 9.69 Å². The van der Waals surface area contributed by atoms with Gasteiger partial charge in [0.05, 0.1) is 7.11 Å². The van der Waals surface area contributed by atoms with Crippen LogP contribution in [0.4, 0.5) is 6.01 Å². The van der Waals surface area contributed by atoms with Crippen LogP contribution in [0.1, 0.15) is 39.0 Å². The summed E-state index contributed by atoms with van der Waals surface area (Å²) in [7, 11) is 1.64. The number of carbonyl (C=O) groups is 1. The molecule has 2 fully saturated rings. The molecule has 0 bridgehead atoms. The standard InChI is InChI=1S/C23H33N5O3/c1-17-5-3-4-13-27(17)16-12-24-22(29)19-10-14-28(15-11-19)23-25-21(26-31-23)18-6-8-20(30-2)9-7-18/h6-9,17,19H,3-5,10-16H2,1-2H3,(H,24,29). The number of methoxy groups -OCH3 is 1. The van der Waals surface area contributed by atoms with Crippen LogP contribution in [0, 0.1) is 5.92 Å². The fourth-order valence-electron chi connectivity index (χ4n) is 4.49. The number of aromatic nitrogens is 2. The molecule has 1 aromatic heterocycles. The van der Waals surface area contributed by atoms with Gasteiger partial charge in [-0.25, -0.2) is 0 Å². The van der Waals surface area contributed by atoms with Crippen molar-refractivity contribution in [3.05, 3.63) is 24.3 Å². The largest absolute Gasteiger partial charge is 0.497 e. The molecule has 168 valence electrons. The molecule has 1 aromatic carbocycles. The van der Waals surface area contributed by atoms with Crippen LogP contribution in [0.25, 0.3) is 11.4 Å². The molecule has 8 nitrogen and oxygen atoms in total. The van der Waals surface area contributed by atoms with Crippen LogP contribution in [0.5, 0.6) is 5.75 Å². The van der Waals surface area contributed by atoms with Crippen LogP contribution >= 0.6 is 0 Å². The minimum Gasteiger partial charge on any atom is -0.497 e. The first-order valence-corrected chi connectivity index (χ1v) is 11.4. The van der Waals surface area contributed by atoms with Gasteiger partial charge < -0.3 is 19.5 Å². The topological polar surface area (TPSA) is 83.7 Å². The van der Waals surface area contributed by atoms with E-state index in [9.17, 15) is 4.79 Å². The number of ether oxygens (including phenoxy) is 1. The lowest BCUT2D eigenvalue weighted by Crippen LogP contribution is -2.45. The number of piperidine rings is 2. The lowest BCUT2D eigenvalue weighted by atomic mass is 9.96. The van der Waals surface area contributed by atoms with Crippen LogP contribution < -0.4 is 15.0 Å². The molecule has 2 aromatic rings. The molecular weight excluding hydrogens is 394 g/mol. The summed E-state index contributed by atoms with van der Waals surface area (Å²) in [4.78, 5) is 21.7. The second kappa shape index (κ2) is 10.1. The number of likely N-dealkylation sites (tertiary alicyclic amines) is 1. The lowest BCUT2D eigenvalue weighted by molar-refractivity contribution is -0.125. The molecule has 4 rings (SSSR count). The Morgan fingerprint density at radius 1 is 1.16 bits per heavy atom. The maximum absolute atomic E-state index is 12.6. The Balaban J connectivity index is 1.23. The molecule has 2 saturated heterocycles. The average molecular weight is 428 g/mol. The highest BCUT2D eigenvalue weighted by atomic mass is 16.5. The quantitative estimate of drug-likeness (QED) is 0.727. The highest BCUT2D eigenvalue weighted by Crippen LogP contribution is 2.26. The predicted octanol–water partition coefficient (Wildman–Crippen LogP) is 2.95. The first kappa shape index (κ1) is 21.6. The van der Waals surface area contributed by atoms with E-state index >= 15 is 0 Å². The molecule has 2 aliphatic rings. The Hall–Kier alpha value is -2.61. The molecule has 31 heavy (non-hydrogen) atoms. The van der Waals surface area contributed by atoms with Gasteiger partial charge in [0, 0.05) is 43.7 Å². The Morgan fingerprint density at radius 2 is 1.94 bits per heavy atom. The van der Waals surface area contributed by atoms with Gasteiger partial charge in [0.1, 0.15) is 5.75 Å². The van der Waals surface area contributed by atoms with Crippen LogP contribution in [-0.2, 0) is 4.79 Å². The summed E-state index contributed by atoms with van der Waals surface area (Å²) in [6.45, 7) is 6.60. The van der Waals surface area contributed by atoms with Crippen molar-refractivity contribution in [3.8, 4) is 17.1 Å². The number of rotatable bonds is 7. The molecule has 1 N–H and O–H groups in total. The molecule has 1 amide bonds. The van der Waals surface area contributed by atoms with Gasteiger partial charge in [0.2, 0.25) is 11.7 Å². The van der Waals surface area contributed by atoms with Gasteiger partial charge in [0.25, 0.3) is 0 Å². The number of amides is 1. The average Bonchev–Trinajstić information content (AvgIpc) is 3.31.